The van der Waals surface area contributed by atoms with E-state index in [0.717, 1.165) is 21.7 Å². The fourth-order valence-corrected chi connectivity index (χ4v) is 5.34. The molecule has 9 heteroatoms. The molecule has 1 atom stereocenters. The predicted octanol–water partition coefficient (Wildman–Crippen LogP) is 5.05. The van der Waals surface area contributed by atoms with Crippen molar-refractivity contribution in [3.05, 3.63) is 101 Å². The Balaban J connectivity index is 2.06. The zero-order valence-corrected chi connectivity index (χ0v) is 25.4. The van der Waals surface area contributed by atoms with Gasteiger partial charge in [-0.2, -0.15) is 0 Å². The lowest BCUT2D eigenvalue weighted by Crippen LogP contribution is -2.54. The van der Waals surface area contributed by atoms with Gasteiger partial charge in [0.25, 0.3) is 0 Å². The van der Waals surface area contributed by atoms with Gasteiger partial charge in [-0.05, 0) is 48.6 Å². The van der Waals surface area contributed by atoms with Gasteiger partial charge in [0.2, 0.25) is 21.8 Å². The second-order valence-corrected chi connectivity index (χ2v) is 13.5. The van der Waals surface area contributed by atoms with Crippen LogP contribution in [0.2, 0.25) is 0 Å². The number of hydrogen-bond acceptors (Lipinski definition) is 4. The van der Waals surface area contributed by atoms with Gasteiger partial charge in [-0.15, -0.1) is 0 Å². The number of sulfonamides is 1. The lowest BCUT2D eigenvalue weighted by atomic mass is 9.87. The molecule has 0 spiro atoms. The number of nitrogens with one attached hydrogen (secondary N) is 1. The van der Waals surface area contributed by atoms with Crippen molar-refractivity contribution in [3.8, 4) is 0 Å². The highest BCUT2D eigenvalue weighted by molar-refractivity contribution is 7.92. The molecule has 0 aliphatic heterocycles. The van der Waals surface area contributed by atoms with E-state index in [0.29, 0.717) is 5.69 Å². The molecule has 0 aliphatic rings. The second kappa shape index (κ2) is 13.3. The monoisotopic (exact) mass is 581 g/mol. The molecule has 0 aromatic heterocycles. The maximum absolute atomic E-state index is 14.8. The minimum Gasteiger partial charge on any atom is -0.352 e. The van der Waals surface area contributed by atoms with Crippen LogP contribution in [0.15, 0.2) is 78.9 Å². The zero-order valence-electron chi connectivity index (χ0n) is 24.6. The molecule has 0 radical (unpaired) electrons. The van der Waals surface area contributed by atoms with Crippen LogP contribution in [0.3, 0.4) is 0 Å². The summed E-state index contributed by atoms with van der Waals surface area (Å²) in [7, 11) is -3.89. The molecular formula is C32H40FN3O4S. The van der Waals surface area contributed by atoms with Crippen LogP contribution >= 0.6 is 0 Å². The number of hydrogen-bond donors (Lipinski definition) is 1. The Labute approximate surface area is 243 Å². The standard InChI is InChI=1S/C32H40FN3O4S/c1-23(2)34-31(38)29(20-24-12-8-7-9-13-24)35(21-25-14-10-11-15-28(25)33)30(37)22-36(41(6,39)40)27-18-16-26(17-19-27)32(3,4)5/h7-19,23,29H,20-22H2,1-6H3,(H,34,38)/t29-/m0/s1. The van der Waals surface area contributed by atoms with E-state index in [-0.39, 0.29) is 30.0 Å². The molecule has 0 fully saturated rings. The minimum atomic E-state index is -3.89. The van der Waals surface area contributed by atoms with E-state index in [1.165, 1.54) is 11.0 Å². The quantitative estimate of drug-likeness (QED) is 0.343. The number of halogens is 1. The topological polar surface area (TPSA) is 86.8 Å². The molecule has 0 unspecified atom stereocenters. The normalized spacial score (nSPS) is 12.6. The number of benzene rings is 3. The third-order valence-electron chi connectivity index (χ3n) is 6.70. The van der Waals surface area contributed by atoms with Gasteiger partial charge < -0.3 is 10.2 Å². The molecule has 2 amide bonds. The summed E-state index contributed by atoms with van der Waals surface area (Å²) >= 11 is 0. The lowest BCUT2D eigenvalue weighted by molar-refractivity contribution is -0.140. The molecule has 41 heavy (non-hydrogen) atoms. The fraction of sp³-hybridized carbons (Fsp3) is 0.375. The van der Waals surface area contributed by atoms with Gasteiger partial charge in [0.1, 0.15) is 18.4 Å². The van der Waals surface area contributed by atoms with E-state index < -0.39 is 40.2 Å². The van der Waals surface area contributed by atoms with Crippen LogP contribution < -0.4 is 9.62 Å². The molecule has 220 valence electrons. The van der Waals surface area contributed by atoms with Crippen molar-refractivity contribution in [1.29, 1.82) is 0 Å². The van der Waals surface area contributed by atoms with Crippen molar-refractivity contribution in [2.24, 2.45) is 0 Å². The predicted molar refractivity (Wildman–Crippen MR) is 161 cm³/mol. The van der Waals surface area contributed by atoms with Crippen molar-refractivity contribution in [3.63, 3.8) is 0 Å². The Morgan fingerprint density at radius 3 is 2.02 bits per heavy atom. The van der Waals surface area contributed by atoms with Crippen LogP contribution in [-0.4, -0.2) is 50.0 Å². The largest absolute Gasteiger partial charge is 0.352 e. The molecule has 3 rings (SSSR count). The first-order valence-electron chi connectivity index (χ1n) is 13.6. The summed E-state index contributed by atoms with van der Waals surface area (Å²) < 4.78 is 41.7. The maximum atomic E-state index is 14.8. The van der Waals surface area contributed by atoms with Gasteiger partial charge in [0, 0.05) is 24.6 Å². The summed E-state index contributed by atoms with van der Waals surface area (Å²) in [5, 5.41) is 2.88. The van der Waals surface area contributed by atoms with E-state index in [9.17, 15) is 22.4 Å². The number of carbonyl (C=O) groups is 2. The maximum Gasteiger partial charge on any atom is 0.244 e. The number of rotatable bonds is 11. The van der Waals surface area contributed by atoms with E-state index in [4.69, 9.17) is 0 Å². The molecule has 0 aliphatic carbocycles. The Bertz CT molecular complexity index is 1440. The first kappa shape index (κ1) is 31.8. The number of amides is 2. The van der Waals surface area contributed by atoms with Crippen molar-refractivity contribution in [2.45, 2.75) is 65.1 Å². The van der Waals surface area contributed by atoms with Crippen LogP contribution in [-0.2, 0) is 38.0 Å². The molecule has 3 aromatic rings. The highest BCUT2D eigenvalue weighted by atomic mass is 32.2. The molecular weight excluding hydrogens is 541 g/mol. The summed E-state index contributed by atoms with van der Waals surface area (Å²) in [6.07, 6.45) is 1.20. The molecule has 3 aromatic carbocycles. The van der Waals surface area contributed by atoms with Gasteiger partial charge >= 0.3 is 0 Å². The molecule has 7 nitrogen and oxygen atoms in total. The smallest absolute Gasteiger partial charge is 0.244 e. The summed E-state index contributed by atoms with van der Waals surface area (Å²) in [6.45, 7) is 9.01. The Hall–Kier alpha value is -3.72. The second-order valence-electron chi connectivity index (χ2n) is 11.5. The average Bonchev–Trinajstić information content (AvgIpc) is 2.89. The van der Waals surface area contributed by atoms with Gasteiger partial charge in [0.05, 0.1) is 11.9 Å². The fourth-order valence-electron chi connectivity index (χ4n) is 4.49. The Morgan fingerprint density at radius 1 is 0.902 bits per heavy atom. The van der Waals surface area contributed by atoms with Gasteiger partial charge in [-0.3, -0.25) is 13.9 Å². The van der Waals surface area contributed by atoms with Crippen LogP contribution in [0.4, 0.5) is 10.1 Å². The van der Waals surface area contributed by atoms with Crippen LogP contribution in [0.5, 0.6) is 0 Å². The average molecular weight is 582 g/mol. The third kappa shape index (κ3) is 8.88. The highest BCUT2D eigenvalue weighted by Crippen LogP contribution is 2.26. The van der Waals surface area contributed by atoms with Crippen molar-refractivity contribution in [2.75, 3.05) is 17.1 Å². The SMILES string of the molecule is CC(C)NC(=O)[C@H](Cc1ccccc1)N(Cc1ccccc1F)C(=O)CN(c1ccc(C(C)(C)C)cc1)S(C)(=O)=O. The van der Waals surface area contributed by atoms with Gasteiger partial charge in [-0.25, -0.2) is 12.8 Å². The third-order valence-corrected chi connectivity index (χ3v) is 7.84. The van der Waals surface area contributed by atoms with E-state index in [2.05, 4.69) is 26.1 Å². The van der Waals surface area contributed by atoms with Crippen molar-refractivity contribution in [1.82, 2.24) is 10.2 Å². The van der Waals surface area contributed by atoms with E-state index >= 15 is 0 Å². The summed E-state index contributed by atoms with van der Waals surface area (Å²) in [6, 6.07) is 21.0. The highest BCUT2D eigenvalue weighted by Gasteiger charge is 2.33. The molecule has 0 bridgehead atoms. The Morgan fingerprint density at radius 2 is 1.49 bits per heavy atom. The zero-order chi connectivity index (χ0) is 30.4. The van der Waals surface area contributed by atoms with Gasteiger partial charge in [-0.1, -0.05) is 81.4 Å². The molecule has 0 saturated heterocycles. The molecule has 1 N–H and O–H groups in total. The van der Waals surface area contributed by atoms with Crippen LogP contribution in [0, 0.1) is 5.82 Å². The molecule has 0 heterocycles. The van der Waals surface area contributed by atoms with Crippen molar-refractivity contribution >= 4 is 27.5 Å². The number of nitrogens with zero attached hydrogens (tertiary/aromatic N) is 2. The first-order valence-corrected chi connectivity index (χ1v) is 15.5. The van der Waals surface area contributed by atoms with E-state index in [1.807, 2.05) is 56.3 Å². The molecule has 0 saturated carbocycles. The van der Waals surface area contributed by atoms with E-state index in [1.54, 1.807) is 30.3 Å². The summed E-state index contributed by atoms with van der Waals surface area (Å²) in [5.41, 5.74) is 2.22. The lowest BCUT2D eigenvalue weighted by Gasteiger charge is -2.34. The van der Waals surface area contributed by atoms with Crippen LogP contribution in [0.25, 0.3) is 0 Å². The number of anilines is 1. The minimum absolute atomic E-state index is 0.144. The van der Waals surface area contributed by atoms with Crippen molar-refractivity contribution < 1.29 is 22.4 Å². The summed E-state index contributed by atoms with van der Waals surface area (Å²) in [5.74, 6) is -1.56. The van der Waals surface area contributed by atoms with Crippen LogP contribution in [0.1, 0.15) is 51.3 Å². The first-order chi connectivity index (χ1) is 19.2. The summed E-state index contributed by atoms with van der Waals surface area (Å²) in [4.78, 5) is 28.9. The Kier molecular flexibility index (Phi) is 10.3. The van der Waals surface area contributed by atoms with Gasteiger partial charge in [0.15, 0.2) is 0 Å². The number of carbonyl (C=O) groups excluding carboxylic acids is 2.